The van der Waals surface area contributed by atoms with Crippen LogP contribution in [0.25, 0.3) is 0 Å². The Morgan fingerprint density at radius 1 is 0.951 bits per heavy atom. The van der Waals surface area contributed by atoms with Gasteiger partial charge in [-0.2, -0.15) is 0 Å². The van der Waals surface area contributed by atoms with Gasteiger partial charge in [0.2, 0.25) is 5.91 Å². The van der Waals surface area contributed by atoms with E-state index in [1.807, 2.05) is 28.0 Å². The van der Waals surface area contributed by atoms with E-state index in [2.05, 4.69) is 34.5 Å². The summed E-state index contributed by atoms with van der Waals surface area (Å²) in [5.74, 6) is 0.928. The molecule has 4 aliphatic rings. The zero-order valence-corrected chi connectivity index (χ0v) is 25.3. The zero-order chi connectivity index (χ0) is 27.9. The molecule has 3 heterocycles. The summed E-state index contributed by atoms with van der Waals surface area (Å²) in [5.41, 5.74) is 1.97. The molecule has 6 rings (SSSR count). The first kappa shape index (κ1) is 29.9. The number of urea groups is 1. The molecule has 3 amide bonds. The molecule has 1 spiro atoms. The Morgan fingerprint density at radius 3 is 2.24 bits per heavy atom. The van der Waals surface area contributed by atoms with Crippen LogP contribution >= 0.6 is 12.4 Å². The predicted molar refractivity (Wildman–Crippen MR) is 161 cm³/mol. The highest BCUT2D eigenvalue weighted by molar-refractivity contribution is 7.90. The fourth-order valence-corrected chi connectivity index (χ4v) is 7.49. The number of carbonyl (C=O) groups excluding carboxylic acids is 2. The fraction of sp³-hybridized carbons (Fsp3) is 0.548. The average Bonchev–Trinajstić information content (AvgIpc) is 3.59. The second-order valence-electron chi connectivity index (χ2n) is 12.4. The molecule has 1 aliphatic carbocycles. The summed E-state index contributed by atoms with van der Waals surface area (Å²) in [5, 5.41) is 3.16. The molecule has 3 saturated heterocycles. The number of halogens is 1. The van der Waals surface area contributed by atoms with Crippen LogP contribution in [0.4, 0.5) is 4.79 Å². The monoisotopic (exact) mass is 600 g/mol. The lowest BCUT2D eigenvalue weighted by Crippen LogP contribution is -2.46. The third kappa shape index (κ3) is 6.57. The van der Waals surface area contributed by atoms with Crippen molar-refractivity contribution in [1.29, 1.82) is 0 Å². The molecule has 4 fully saturated rings. The number of amides is 3. The molecule has 8 nitrogen and oxygen atoms in total. The van der Waals surface area contributed by atoms with Gasteiger partial charge < -0.3 is 20.0 Å². The molecule has 2 aromatic rings. The topological polar surface area (TPSA) is 90.0 Å². The quantitative estimate of drug-likeness (QED) is 0.520. The molecule has 222 valence electrons. The van der Waals surface area contributed by atoms with E-state index in [-0.39, 0.29) is 29.8 Å². The Morgan fingerprint density at radius 2 is 1.61 bits per heavy atom. The molecule has 2 atom stereocenters. The van der Waals surface area contributed by atoms with Gasteiger partial charge in [0.15, 0.2) is 9.84 Å². The molecule has 0 unspecified atom stereocenters. The number of sulfone groups is 1. The number of likely N-dealkylation sites (tertiary alicyclic amines) is 3. The minimum absolute atomic E-state index is 0. The van der Waals surface area contributed by atoms with Gasteiger partial charge in [0, 0.05) is 50.9 Å². The summed E-state index contributed by atoms with van der Waals surface area (Å²) in [6.45, 7) is 5.52. The number of hydrogen-bond acceptors (Lipinski definition) is 5. The van der Waals surface area contributed by atoms with Gasteiger partial charge in [0.05, 0.1) is 10.3 Å². The van der Waals surface area contributed by atoms with Crippen molar-refractivity contribution in [3.63, 3.8) is 0 Å². The standard InChI is InChI=1S/C31H40N4O4S.ClH/c1-40(38,39)27-11-7-23(8-12-27)19-34-18-15-31(29(34)36)13-16-33(17-14-31)20-25-21-35(30(37)32-26-9-10-26)22-28(25)24-5-3-2-4-6-24;/h2-8,11-12,25-26,28H,9-10,13-22H2,1H3,(H,32,37);1H/t25-,28+;/m0./s1. The van der Waals surface area contributed by atoms with Crippen molar-refractivity contribution in [2.45, 2.75) is 55.5 Å². The molecule has 2 aromatic carbocycles. The van der Waals surface area contributed by atoms with E-state index in [0.29, 0.717) is 29.3 Å². The van der Waals surface area contributed by atoms with E-state index in [9.17, 15) is 18.0 Å². The van der Waals surface area contributed by atoms with Crippen LogP contribution in [0.2, 0.25) is 0 Å². The smallest absolute Gasteiger partial charge is 0.317 e. The Hall–Kier alpha value is -2.62. The van der Waals surface area contributed by atoms with Crippen LogP contribution in [-0.2, 0) is 21.2 Å². The van der Waals surface area contributed by atoms with E-state index in [0.717, 1.165) is 76.9 Å². The van der Waals surface area contributed by atoms with Crippen molar-refractivity contribution >= 4 is 34.2 Å². The van der Waals surface area contributed by atoms with E-state index in [1.54, 1.807) is 12.1 Å². The van der Waals surface area contributed by atoms with Crippen molar-refractivity contribution < 1.29 is 18.0 Å². The lowest BCUT2D eigenvalue weighted by Gasteiger charge is -2.39. The number of benzene rings is 2. The Kier molecular flexibility index (Phi) is 8.69. The van der Waals surface area contributed by atoms with Crippen molar-refractivity contribution in [2.24, 2.45) is 11.3 Å². The van der Waals surface area contributed by atoms with Crippen molar-refractivity contribution in [2.75, 3.05) is 45.5 Å². The summed E-state index contributed by atoms with van der Waals surface area (Å²) < 4.78 is 23.5. The number of nitrogens with zero attached hydrogens (tertiary/aromatic N) is 3. The molecule has 0 radical (unpaired) electrons. The van der Waals surface area contributed by atoms with E-state index in [1.165, 1.54) is 11.8 Å². The highest BCUT2D eigenvalue weighted by Gasteiger charge is 2.48. The summed E-state index contributed by atoms with van der Waals surface area (Å²) >= 11 is 0. The van der Waals surface area contributed by atoms with Crippen LogP contribution in [0.1, 0.15) is 49.1 Å². The molecule has 0 aromatic heterocycles. The molecule has 10 heteroatoms. The van der Waals surface area contributed by atoms with Gasteiger partial charge in [0.1, 0.15) is 0 Å². The maximum absolute atomic E-state index is 13.6. The van der Waals surface area contributed by atoms with Crippen LogP contribution in [0.3, 0.4) is 0 Å². The van der Waals surface area contributed by atoms with Crippen molar-refractivity contribution in [3.8, 4) is 0 Å². The van der Waals surface area contributed by atoms with Crippen molar-refractivity contribution in [1.82, 2.24) is 20.0 Å². The molecule has 41 heavy (non-hydrogen) atoms. The highest BCUT2D eigenvalue weighted by Crippen LogP contribution is 2.43. The predicted octanol–water partition coefficient (Wildman–Crippen LogP) is 3.91. The van der Waals surface area contributed by atoms with Gasteiger partial charge >= 0.3 is 6.03 Å². The van der Waals surface area contributed by atoms with Gasteiger partial charge in [-0.15, -0.1) is 12.4 Å². The second kappa shape index (κ2) is 11.9. The Labute approximate surface area is 249 Å². The minimum Gasteiger partial charge on any atom is -0.338 e. The average molecular weight is 601 g/mol. The number of piperidine rings is 1. The third-order valence-electron chi connectivity index (χ3n) is 9.49. The van der Waals surface area contributed by atoms with E-state index < -0.39 is 9.84 Å². The number of carbonyl (C=O) groups is 2. The van der Waals surface area contributed by atoms with Crippen molar-refractivity contribution in [3.05, 3.63) is 65.7 Å². The van der Waals surface area contributed by atoms with Gasteiger partial charge in [-0.25, -0.2) is 13.2 Å². The molecular weight excluding hydrogens is 560 g/mol. The first-order chi connectivity index (χ1) is 19.2. The number of rotatable bonds is 7. The first-order valence-corrected chi connectivity index (χ1v) is 16.5. The molecule has 1 N–H and O–H groups in total. The van der Waals surface area contributed by atoms with Crippen LogP contribution in [0, 0.1) is 11.3 Å². The largest absolute Gasteiger partial charge is 0.338 e. The molecule has 0 bridgehead atoms. The van der Waals surface area contributed by atoms with Crippen LogP contribution in [0.5, 0.6) is 0 Å². The SMILES string of the molecule is CS(=O)(=O)c1ccc(CN2CCC3(CCN(C[C@H]4CN(C(=O)NC5CC5)C[C@@H]4c4ccccc4)CC3)C2=O)cc1.Cl. The molecule has 3 aliphatic heterocycles. The number of nitrogens with one attached hydrogen (secondary N) is 1. The lowest BCUT2D eigenvalue weighted by molar-refractivity contribution is -0.139. The Bertz CT molecular complexity index is 1340. The summed E-state index contributed by atoms with van der Waals surface area (Å²) in [6.07, 6.45) is 6.00. The van der Waals surface area contributed by atoms with Gasteiger partial charge in [0.25, 0.3) is 0 Å². The van der Waals surface area contributed by atoms with Gasteiger partial charge in [-0.05, 0) is 74.4 Å². The van der Waals surface area contributed by atoms with E-state index >= 15 is 0 Å². The highest BCUT2D eigenvalue weighted by atomic mass is 35.5. The lowest BCUT2D eigenvalue weighted by atomic mass is 9.76. The Balaban J connectivity index is 0.00000337. The van der Waals surface area contributed by atoms with Crippen LogP contribution < -0.4 is 5.32 Å². The number of hydrogen-bond donors (Lipinski definition) is 1. The summed E-state index contributed by atoms with van der Waals surface area (Å²) in [6, 6.07) is 17.9. The van der Waals surface area contributed by atoms with Crippen LogP contribution in [-0.4, -0.2) is 86.6 Å². The summed E-state index contributed by atoms with van der Waals surface area (Å²) in [7, 11) is -3.23. The third-order valence-corrected chi connectivity index (χ3v) is 10.6. The summed E-state index contributed by atoms with van der Waals surface area (Å²) in [4.78, 5) is 33.2. The minimum atomic E-state index is -3.23. The normalized spacial score (nSPS) is 24.5. The maximum Gasteiger partial charge on any atom is 0.317 e. The molecular formula is C31H41ClN4O4S. The first-order valence-electron chi connectivity index (χ1n) is 14.6. The van der Waals surface area contributed by atoms with Gasteiger partial charge in [-0.1, -0.05) is 42.5 Å². The van der Waals surface area contributed by atoms with E-state index in [4.69, 9.17) is 0 Å². The maximum atomic E-state index is 13.6. The molecule has 1 saturated carbocycles. The zero-order valence-electron chi connectivity index (χ0n) is 23.7. The second-order valence-corrected chi connectivity index (χ2v) is 14.4. The van der Waals surface area contributed by atoms with Crippen LogP contribution in [0.15, 0.2) is 59.5 Å². The van der Waals surface area contributed by atoms with Gasteiger partial charge in [-0.3, -0.25) is 4.79 Å². The fourth-order valence-electron chi connectivity index (χ4n) is 6.86.